The summed E-state index contributed by atoms with van der Waals surface area (Å²) in [5, 5.41) is 5.61. The van der Waals surface area contributed by atoms with Crippen molar-refractivity contribution in [3.05, 3.63) is 28.9 Å². The second-order valence-electron chi connectivity index (χ2n) is 4.53. The summed E-state index contributed by atoms with van der Waals surface area (Å²) in [6, 6.07) is 2.93. The highest BCUT2D eigenvalue weighted by Gasteiger charge is 2.20. The van der Waals surface area contributed by atoms with Gasteiger partial charge in [0, 0.05) is 25.2 Å². The molecule has 0 aliphatic rings. The van der Waals surface area contributed by atoms with Gasteiger partial charge in [0.15, 0.2) is 5.78 Å². The third-order valence-electron chi connectivity index (χ3n) is 2.77. The van der Waals surface area contributed by atoms with E-state index in [9.17, 15) is 14.4 Å². The van der Waals surface area contributed by atoms with E-state index in [1.165, 1.54) is 13.1 Å². The number of ketones is 1. The van der Waals surface area contributed by atoms with Gasteiger partial charge in [-0.05, 0) is 19.1 Å². The van der Waals surface area contributed by atoms with E-state index >= 15 is 0 Å². The number of amides is 3. The van der Waals surface area contributed by atoms with Crippen molar-refractivity contribution >= 4 is 34.9 Å². The van der Waals surface area contributed by atoms with Gasteiger partial charge in [-0.15, -0.1) is 11.3 Å². The average molecular weight is 333 g/mol. The third kappa shape index (κ3) is 3.89. The molecule has 0 aromatic carbocycles. The van der Waals surface area contributed by atoms with E-state index in [1.807, 2.05) is 6.92 Å². The molecule has 0 aliphatic heterocycles. The van der Waals surface area contributed by atoms with Crippen LogP contribution in [0, 0.1) is 0 Å². The summed E-state index contributed by atoms with van der Waals surface area (Å²) in [6.45, 7) is 3.64. The fourth-order valence-electron chi connectivity index (χ4n) is 1.76. The number of carbonyl (C=O) groups excluding carboxylic acids is 3. The molecule has 9 heteroatoms. The van der Waals surface area contributed by atoms with Crippen LogP contribution < -0.4 is 16.4 Å². The maximum absolute atomic E-state index is 11.5. The van der Waals surface area contributed by atoms with Crippen molar-refractivity contribution in [2.45, 2.75) is 13.8 Å². The number of nitrogens with zero attached hydrogens (tertiary/aromatic N) is 2. The highest BCUT2D eigenvalue weighted by Crippen LogP contribution is 2.28. The van der Waals surface area contributed by atoms with Gasteiger partial charge in [0.2, 0.25) is 0 Å². The Morgan fingerprint density at radius 2 is 2.04 bits per heavy atom. The molecule has 0 bridgehead atoms. The number of pyridine rings is 1. The van der Waals surface area contributed by atoms with Crippen LogP contribution in [0.1, 0.15) is 34.0 Å². The summed E-state index contributed by atoms with van der Waals surface area (Å²) < 4.78 is 0. The summed E-state index contributed by atoms with van der Waals surface area (Å²) in [5.41, 5.74) is 5.93. The molecule has 8 nitrogen and oxygen atoms in total. The average Bonchev–Trinajstić information content (AvgIpc) is 2.94. The molecular weight excluding hydrogens is 318 g/mol. The fourth-order valence-corrected chi connectivity index (χ4v) is 2.72. The molecule has 2 heterocycles. The molecule has 2 aromatic heterocycles. The Labute approximate surface area is 136 Å². The lowest BCUT2D eigenvalue weighted by molar-refractivity contribution is 0.0974. The molecule has 0 radical (unpaired) electrons. The van der Waals surface area contributed by atoms with Crippen molar-refractivity contribution in [1.29, 1.82) is 0 Å². The van der Waals surface area contributed by atoms with Crippen LogP contribution in [0.3, 0.4) is 0 Å². The van der Waals surface area contributed by atoms with E-state index in [1.54, 1.807) is 12.1 Å². The number of thiazole rings is 1. The zero-order valence-electron chi connectivity index (χ0n) is 12.5. The topological polar surface area (TPSA) is 127 Å². The third-order valence-corrected chi connectivity index (χ3v) is 3.89. The van der Waals surface area contributed by atoms with Gasteiger partial charge in [0.25, 0.3) is 5.91 Å². The minimum absolute atomic E-state index is 0.0574. The smallest absolute Gasteiger partial charge is 0.320 e. The number of nitrogens with two attached hydrogens (primary N) is 1. The van der Waals surface area contributed by atoms with Crippen LogP contribution in [0.2, 0.25) is 0 Å². The number of rotatable bonds is 5. The Morgan fingerprint density at radius 3 is 2.52 bits per heavy atom. The summed E-state index contributed by atoms with van der Waals surface area (Å²) >= 11 is 1.03. The molecule has 23 heavy (non-hydrogen) atoms. The zero-order valence-corrected chi connectivity index (χ0v) is 13.4. The quantitative estimate of drug-likeness (QED) is 0.717. The van der Waals surface area contributed by atoms with Crippen molar-refractivity contribution in [3.63, 3.8) is 0 Å². The first kappa shape index (κ1) is 16.6. The van der Waals surface area contributed by atoms with Crippen molar-refractivity contribution < 1.29 is 14.4 Å². The lowest BCUT2D eigenvalue weighted by Gasteiger charge is -2.05. The summed E-state index contributed by atoms with van der Waals surface area (Å²) in [7, 11) is 0. The van der Waals surface area contributed by atoms with E-state index in [2.05, 4.69) is 20.6 Å². The Morgan fingerprint density at radius 1 is 1.30 bits per heavy atom. The molecule has 0 atom stereocenters. The SMILES string of the molecule is CCNC(=O)Nc1ccc(-c2nc(C(C)=O)c(C(N)=O)s2)cn1. The van der Waals surface area contributed by atoms with Gasteiger partial charge < -0.3 is 11.1 Å². The van der Waals surface area contributed by atoms with E-state index in [4.69, 9.17) is 5.73 Å². The number of urea groups is 1. The number of carbonyl (C=O) groups is 3. The predicted molar refractivity (Wildman–Crippen MR) is 86.6 cm³/mol. The largest absolute Gasteiger partial charge is 0.365 e. The Bertz CT molecular complexity index is 723. The lowest BCUT2D eigenvalue weighted by atomic mass is 10.2. The van der Waals surface area contributed by atoms with Crippen molar-refractivity contribution in [2.75, 3.05) is 11.9 Å². The Balaban J connectivity index is 2.26. The minimum Gasteiger partial charge on any atom is -0.365 e. The number of aromatic nitrogens is 2. The molecule has 0 aliphatic carbocycles. The van der Waals surface area contributed by atoms with Gasteiger partial charge in [0.05, 0.1) is 0 Å². The van der Waals surface area contributed by atoms with Crippen LogP contribution in [0.5, 0.6) is 0 Å². The molecule has 2 rings (SSSR count). The number of primary amides is 1. The van der Waals surface area contributed by atoms with Crippen LogP contribution in [-0.4, -0.2) is 34.2 Å². The summed E-state index contributed by atoms with van der Waals surface area (Å²) in [5.74, 6) is -0.650. The van der Waals surface area contributed by atoms with Gasteiger partial charge in [-0.2, -0.15) is 0 Å². The second kappa shape index (κ2) is 6.97. The first-order valence-electron chi connectivity index (χ1n) is 6.75. The molecule has 0 saturated heterocycles. The molecule has 0 fully saturated rings. The first-order chi connectivity index (χ1) is 10.9. The lowest BCUT2D eigenvalue weighted by Crippen LogP contribution is -2.28. The van der Waals surface area contributed by atoms with Crippen LogP contribution >= 0.6 is 11.3 Å². The summed E-state index contributed by atoms with van der Waals surface area (Å²) in [6.07, 6.45) is 1.50. The standard InChI is InChI=1S/C14H15N5O3S/c1-3-16-14(22)18-9-5-4-8(6-17-9)13-19-10(7(2)20)11(23-13)12(15)21/h4-6H,3H2,1-2H3,(H2,15,21)(H2,16,17,18,22). The molecule has 4 N–H and O–H groups in total. The molecule has 0 spiro atoms. The molecule has 3 amide bonds. The predicted octanol–water partition coefficient (Wildman–Crippen LogP) is 1.65. The highest BCUT2D eigenvalue weighted by molar-refractivity contribution is 7.17. The van der Waals surface area contributed by atoms with Gasteiger partial charge in [-0.1, -0.05) is 0 Å². The number of anilines is 1. The van der Waals surface area contributed by atoms with Crippen LogP contribution in [0.25, 0.3) is 10.6 Å². The number of nitrogens with one attached hydrogen (secondary N) is 2. The first-order valence-corrected chi connectivity index (χ1v) is 7.56. The Hall–Kier alpha value is -2.81. The van der Waals surface area contributed by atoms with E-state index in [0.717, 1.165) is 11.3 Å². The monoisotopic (exact) mass is 333 g/mol. The summed E-state index contributed by atoms with van der Waals surface area (Å²) in [4.78, 5) is 42.7. The van der Waals surface area contributed by atoms with Crippen LogP contribution in [0.4, 0.5) is 10.6 Å². The molecule has 0 saturated carbocycles. The molecule has 0 unspecified atom stereocenters. The van der Waals surface area contributed by atoms with Gasteiger partial charge in [-0.3, -0.25) is 14.9 Å². The highest BCUT2D eigenvalue weighted by atomic mass is 32.1. The van der Waals surface area contributed by atoms with Crippen molar-refractivity contribution in [1.82, 2.24) is 15.3 Å². The van der Waals surface area contributed by atoms with E-state index in [0.29, 0.717) is 22.9 Å². The molecule has 120 valence electrons. The van der Waals surface area contributed by atoms with Gasteiger partial charge >= 0.3 is 6.03 Å². The van der Waals surface area contributed by atoms with Crippen LogP contribution in [-0.2, 0) is 0 Å². The minimum atomic E-state index is -0.693. The molecule has 2 aromatic rings. The van der Waals surface area contributed by atoms with E-state index < -0.39 is 5.91 Å². The van der Waals surface area contributed by atoms with Gasteiger partial charge in [0.1, 0.15) is 21.4 Å². The van der Waals surface area contributed by atoms with Crippen LogP contribution in [0.15, 0.2) is 18.3 Å². The normalized spacial score (nSPS) is 10.2. The zero-order chi connectivity index (χ0) is 17.0. The number of Topliss-reactive ketones (excluding diaryl/α,β-unsaturated/α-hetero) is 1. The maximum Gasteiger partial charge on any atom is 0.320 e. The fraction of sp³-hybridized carbons (Fsp3) is 0.214. The number of hydrogen-bond acceptors (Lipinski definition) is 6. The Kier molecular flexibility index (Phi) is 5.02. The second-order valence-corrected chi connectivity index (χ2v) is 5.53. The van der Waals surface area contributed by atoms with Crippen molar-refractivity contribution in [3.8, 4) is 10.6 Å². The maximum atomic E-state index is 11.5. The molecular formula is C14H15N5O3S. The van der Waals surface area contributed by atoms with E-state index in [-0.39, 0.29) is 22.4 Å². The number of hydrogen-bond donors (Lipinski definition) is 3. The van der Waals surface area contributed by atoms with Crippen molar-refractivity contribution in [2.24, 2.45) is 5.73 Å². The van der Waals surface area contributed by atoms with Gasteiger partial charge in [-0.25, -0.2) is 14.8 Å².